The fourth-order valence-corrected chi connectivity index (χ4v) is 3.05. The van der Waals surface area contributed by atoms with Gasteiger partial charge in [0.2, 0.25) is 11.8 Å². The minimum Gasteiger partial charge on any atom is -0.349 e. The molecule has 0 spiro atoms. The van der Waals surface area contributed by atoms with Crippen molar-refractivity contribution in [2.75, 3.05) is 19.4 Å². The number of amides is 2. The lowest BCUT2D eigenvalue weighted by Gasteiger charge is -2.11. The van der Waals surface area contributed by atoms with Crippen LogP contribution in [0.2, 0.25) is 0 Å². The molecular weight excluding hydrogens is 340 g/mol. The minimum atomic E-state index is 0.0388. The maximum absolute atomic E-state index is 12.1. The van der Waals surface area contributed by atoms with Crippen molar-refractivity contribution in [3.63, 3.8) is 0 Å². The van der Waals surface area contributed by atoms with E-state index in [1.165, 1.54) is 0 Å². The highest BCUT2D eigenvalue weighted by Crippen LogP contribution is 2.33. The number of hydrogen-bond acceptors (Lipinski definition) is 3. The fourth-order valence-electron chi connectivity index (χ4n) is 3.05. The number of pyridine rings is 1. The Morgan fingerprint density at radius 2 is 1.93 bits per heavy atom. The highest BCUT2D eigenvalue weighted by Gasteiger charge is 2.30. The SMILES string of the molecule is CN(C)C(=O)Cc1ccc(-c2cc(NC(=O)C3CC3)nc3[nH]ccc23)cc1. The highest BCUT2D eigenvalue weighted by atomic mass is 16.2. The first-order valence-corrected chi connectivity index (χ1v) is 9.10. The number of fused-ring (bicyclic) bond motifs is 1. The molecule has 1 fully saturated rings. The molecule has 138 valence electrons. The van der Waals surface area contributed by atoms with Crippen molar-refractivity contribution in [3.8, 4) is 11.1 Å². The first kappa shape index (κ1) is 17.3. The van der Waals surface area contributed by atoms with E-state index in [1.54, 1.807) is 19.0 Å². The molecular formula is C21H22N4O2. The second kappa shape index (κ2) is 6.87. The number of benzene rings is 1. The zero-order valence-corrected chi connectivity index (χ0v) is 15.5. The van der Waals surface area contributed by atoms with Gasteiger partial charge in [-0.15, -0.1) is 0 Å². The zero-order valence-electron chi connectivity index (χ0n) is 15.5. The molecule has 3 aromatic rings. The Morgan fingerprint density at radius 3 is 2.59 bits per heavy atom. The minimum absolute atomic E-state index is 0.0388. The molecule has 0 bridgehead atoms. The molecule has 1 aliphatic carbocycles. The molecule has 0 unspecified atom stereocenters. The molecule has 0 atom stereocenters. The topological polar surface area (TPSA) is 78.1 Å². The summed E-state index contributed by atoms with van der Waals surface area (Å²) in [6.07, 6.45) is 4.14. The van der Waals surface area contributed by atoms with Gasteiger partial charge in [0.15, 0.2) is 0 Å². The van der Waals surface area contributed by atoms with Crippen LogP contribution in [0.25, 0.3) is 22.2 Å². The lowest BCUT2D eigenvalue weighted by atomic mass is 10.0. The molecule has 6 nitrogen and oxygen atoms in total. The number of carbonyl (C=O) groups is 2. The highest BCUT2D eigenvalue weighted by molar-refractivity contribution is 5.99. The number of H-pyrrole nitrogens is 1. The number of aromatic amines is 1. The van der Waals surface area contributed by atoms with Crippen molar-refractivity contribution in [2.24, 2.45) is 5.92 Å². The molecule has 6 heteroatoms. The molecule has 2 aromatic heterocycles. The van der Waals surface area contributed by atoms with Crippen molar-refractivity contribution in [1.82, 2.24) is 14.9 Å². The van der Waals surface area contributed by atoms with Crippen LogP contribution < -0.4 is 5.32 Å². The molecule has 0 aliphatic heterocycles. The summed E-state index contributed by atoms with van der Waals surface area (Å²) in [6.45, 7) is 0. The molecule has 1 saturated carbocycles. The number of nitrogens with zero attached hydrogens (tertiary/aromatic N) is 2. The Labute approximate surface area is 157 Å². The van der Waals surface area contributed by atoms with Crippen LogP contribution in [0.15, 0.2) is 42.6 Å². The lowest BCUT2D eigenvalue weighted by Crippen LogP contribution is -2.23. The molecule has 2 heterocycles. The summed E-state index contributed by atoms with van der Waals surface area (Å²) in [5, 5.41) is 3.92. The number of aromatic nitrogens is 2. The van der Waals surface area contributed by atoms with E-state index in [2.05, 4.69) is 15.3 Å². The third-order valence-electron chi connectivity index (χ3n) is 4.85. The van der Waals surface area contributed by atoms with Gasteiger partial charge in [-0.25, -0.2) is 4.98 Å². The van der Waals surface area contributed by atoms with Crippen LogP contribution in [0.1, 0.15) is 18.4 Å². The summed E-state index contributed by atoms with van der Waals surface area (Å²) in [5.41, 5.74) is 3.73. The second-order valence-electron chi connectivity index (χ2n) is 7.22. The quantitative estimate of drug-likeness (QED) is 0.732. The van der Waals surface area contributed by atoms with Gasteiger partial charge in [0, 0.05) is 31.6 Å². The number of anilines is 1. The first-order valence-electron chi connectivity index (χ1n) is 9.10. The van der Waals surface area contributed by atoms with Gasteiger partial charge in [-0.2, -0.15) is 0 Å². The maximum atomic E-state index is 12.1. The number of carbonyl (C=O) groups excluding carboxylic acids is 2. The molecule has 1 aliphatic rings. The van der Waals surface area contributed by atoms with Crippen molar-refractivity contribution >= 4 is 28.7 Å². The number of hydrogen-bond donors (Lipinski definition) is 2. The summed E-state index contributed by atoms with van der Waals surface area (Å²) >= 11 is 0. The third kappa shape index (κ3) is 3.69. The Hall–Kier alpha value is -3.15. The van der Waals surface area contributed by atoms with E-state index in [9.17, 15) is 9.59 Å². The average Bonchev–Trinajstić information content (AvgIpc) is 3.40. The molecule has 27 heavy (non-hydrogen) atoms. The summed E-state index contributed by atoms with van der Waals surface area (Å²) in [5.74, 6) is 0.800. The zero-order chi connectivity index (χ0) is 19.0. The van der Waals surface area contributed by atoms with Gasteiger partial charge in [0.1, 0.15) is 11.5 Å². The summed E-state index contributed by atoms with van der Waals surface area (Å²) in [4.78, 5) is 33.2. The van der Waals surface area contributed by atoms with Crippen LogP contribution in [-0.4, -0.2) is 40.8 Å². The number of likely N-dealkylation sites (N-methyl/N-ethyl adjacent to an activating group) is 1. The summed E-state index contributed by atoms with van der Waals surface area (Å²) < 4.78 is 0. The Kier molecular flexibility index (Phi) is 4.39. The molecule has 0 saturated heterocycles. The van der Waals surface area contributed by atoms with Gasteiger partial charge in [0.25, 0.3) is 0 Å². The van der Waals surface area contributed by atoms with Crippen molar-refractivity contribution in [1.29, 1.82) is 0 Å². The normalized spacial score (nSPS) is 13.6. The van der Waals surface area contributed by atoms with Gasteiger partial charge < -0.3 is 15.2 Å². The molecule has 4 rings (SSSR count). The van der Waals surface area contributed by atoms with Gasteiger partial charge in [0.05, 0.1) is 6.42 Å². The van der Waals surface area contributed by atoms with Crippen molar-refractivity contribution in [3.05, 3.63) is 48.2 Å². The van der Waals surface area contributed by atoms with Crippen LogP contribution in [0.3, 0.4) is 0 Å². The number of nitrogens with one attached hydrogen (secondary N) is 2. The molecule has 0 radical (unpaired) electrons. The largest absolute Gasteiger partial charge is 0.349 e. The summed E-state index contributed by atoms with van der Waals surface area (Å²) in [6, 6.07) is 11.8. The van der Waals surface area contributed by atoms with E-state index in [1.807, 2.05) is 42.6 Å². The van der Waals surface area contributed by atoms with Crippen molar-refractivity contribution in [2.45, 2.75) is 19.3 Å². The molecule has 2 amide bonds. The van der Waals surface area contributed by atoms with Gasteiger partial charge in [-0.1, -0.05) is 24.3 Å². The van der Waals surface area contributed by atoms with E-state index in [0.29, 0.717) is 12.2 Å². The number of rotatable bonds is 5. The van der Waals surface area contributed by atoms with Crippen LogP contribution >= 0.6 is 0 Å². The Bertz CT molecular complexity index is 1000. The standard InChI is InChI=1S/C21H22N4O2/c1-25(2)19(26)11-13-3-5-14(6-4-13)17-12-18(24-21(27)15-7-8-15)23-20-16(17)9-10-22-20/h3-6,9-10,12,15H,7-8,11H2,1-2H3,(H2,22,23,24,27). The predicted octanol–water partition coefficient (Wildman–Crippen LogP) is 3.21. The Balaban J connectivity index is 1.64. The van der Waals surface area contributed by atoms with Crippen molar-refractivity contribution < 1.29 is 9.59 Å². The van der Waals surface area contributed by atoms with Crippen LogP contribution in [-0.2, 0) is 16.0 Å². The van der Waals surface area contributed by atoms with E-state index < -0.39 is 0 Å². The van der Waals surface area contributed by atoms with E-state index in [0.717, 1.165) is 40.6 Å². The van der Waals surface area contributed by atoms with Gasteiger partial charge >= 0.3 is 0 Å². The lowest BCUT2D eigenvalue weighted by molar-refractivity contribution is -0.128. The summed E-state index contributed by atoms with van der Waals surface area (Å²) in [7, 11) is 3.52. The Morgan fingerprint density at radius 1 is 1.19 bits per heavy atom. The monoisotopic (exact) mass is 362 g/mol. The van der Waals surface area contributed by atoms with Crippen LogP contribution in [0, 0.1) is 5.92 Å². The predicted molar refractivity (Wildman–Crippen MR) is 105 cm³/mol. The van der Waals surface area contributed by atoms with Crippen LogP contribution in [0.4, 0.5) is 5.82 Å². The van der Waals surface area contributed by atoms with E-state index in [-0.39, 0.29) is 17.7 Å². The molecule has 1 aromatic carbocycles. The smallest absolute Gasteiger partial charge is 0.228 e. The van der Waals surface area contributed by atoms with Gasteiger partial charge in [-0.3, -0.25) is 9.59 Å². The first-order chi connectivity index (χ1) is 13.0. The average molecular weight is 362 g/mol. The third-order valence-corrected chi connectivity index (χ3v) is 4.85. The van der Waals surface area contributed by atoms with Gasteiger partial charge in [-0.05, 0) is 41.7 Å². The van der Waals surface area contributed by atoms with Crippen LogP contribution in [0.5, 0.6) is 0 Å². The maximum Gasteiger partial charge on any atom is 0.228 e. The molecule has 2 N–H and O–H groups in total. The fraction of sp³-hybridized carbons (Fsp3) is 0.286. The van der Waals surface area contributed by atoms with E-state index >= 15 is 0 Å². The van der Waals surface area contributed by atoms with E-state index in [4.69, 9.17) is 0 Å². The second-order valence-corrected chi connectivity index (χ2v) is 7.22.